The molecule has 1 aliphatic heterocycles. The summed E-state index contributed by atoms with van der Waals surface area (Å²) in [4.78, 5) is 25.0. The van der Waals surface area contributed by atoms with Gasteiger partial charge in [0.05, 0.1) is 13.2 Å². The fourth-order valence-electron chi connectivity index (χ4n) is 4.33. The number of nitrogens with one attached hydrogen (secondary N) is 3. The van der Waals surface area contributed by atoms with Crippen LogP contribution < -0.4 is 20.7 Å². The number of ether oxygens (including phenoxy) is 1. The summed E-state index contributed by atoms with van der Waals surface area (Å²) in [5.74, 6) is 1.17. The summed E-state index contributed by atoms with van der Waals surface area (Å²) >= 11 is 0. The van der Waals surface area contributed by atoms with Gasteiger partial charge in [-0.25, -0.2) is 0 Å². The summed E-state index contributed by atoms with van der Waals surface area (Å²) in [6.07, 6.45) is 5.84. The summed E-state index contributed by atoms with van der Waals surface area (Å²) in [5, 5.41) is 9.32. The second-order valence-corrected chi connectivity index (χ2v) is 7.86. The molecule has 1 saturated heterocycles. The van der Waals surface area contributed by atoms with Crippen LogP contribution in [0.5, 0.6) is 5.75 Å². The van der Waals surface area contributed by atoms with Crippen molar-refractivity contribution >= 4 is 23.2 Å². The third kappa shape index (κ3) is 4.59. The molecule has 2 aliphatic rings. The minimum absolute atomic E-state index is 0.00911. The lowest BCUT2D eigenvalue weighted by molar-refractivity contribution is -0.117. The van der Waals surface area contributed by atoms with Gasteiger partial charge in [0.1, 0.15) is 5.75 Å². The zero-order valence-electron chi connectivity index (χ0n) is 16.6. The van der Waals surface area contributed by atoms with Gasteiger partial charge in [-0.2, -0.15) is 0 Å². The van der Waals surface area contributed by atoms with Gasteiger partial charge in [-0.05, 0) is 73.7 Å². The standard InChI is InChI=1S/C23H27N3O3/c1-29-19-12-10-18(11-13-19)24-22(27)15-6-8-17(9-7-15)25-23(28)21-14-16-4-2-3-5-20(16)26-21/h6-13,16,20-21,26H,2-5,14H2,1H3,(H,24,27)(H,25,28). The van der Waals surface area contributed by atoms with Gasteiger partial charge in [-0.15, -0.1) is 0 Å². The van der Waals surface area contributed by atoms with E-state index in [1.165, 1.54) is 25.7 Å². The number of carbonyl (C=O) groups excluding carboxylic acids is 2. The first-order chi connectivity index (χ1) is 14.1. The molecule has 0 aromatic heterocycles. The molecule has 3 N–H and O–H groups in total. The van der Waals surface area contributed by atoms with E-state index in [0.717, 1.165) is 12.2 Å². The van der Waals surface area contributed by atoms with Crippen molar-refractivity contribution in [3.8, 4) is 5.75 Å². The molecule has 3 atom stereocenters. The largest absolute Gasteiger partial charge is 0.497 e. The number of fused-ring (bicyclic) bond motifs is 1. The average molecular weight is 393 g/mol. The molecular formula is C23H27N3O3. The molecule has 0 spiro atoms. The third-order valence-electron chi connectivity index (χ3n) is 5.94. The van der Waals surface area contributed by atoms with Crippen molar-refractivity contribution in [2.45, 2.75) is 44.2 Å². The Kier molecular flexibility index (Phi) is 5.81. The summed E-state index contributed by atoms with van der Waals surface area (Å²) in [5.41, 5.74) is 1.93. The van der Waals surface area contributed by atoms with Crippen LogP contribution in [0.15, 0.2) is 48.5 Å². The molecule has 2 aromatic carbocycles. The molecule has 1 aliphatic carbocycles. The van der Waals surface area contributed by atoms with E-state index in [1.807, 2.05) is 0 Å². The molecule has 1 saturated carbocycles. The van der Waals surface area contributed by atoms with E-state index < -0.39 is 0 Å². The van der Waals surface area contributed by atoms with Crippen LogP contribution in [0.4, 0.5) is 11.4 Å². The van der Waals surface area contributed by atoms with Gasteiger partial charge in [0.2, 0.25) is 5.91 Å². The van der Waals surface area contributed by atoms with Crippen molar-refractivity contribution in [1.29, 1.82) is 0 Å². The minimum atomic E-state index is -0.199. The minimum Gasteiger partial charge on any atom is -0.497 e. The molecule has 2 fully saturated rings. The van der Waals surface area contributed by atoms with Gasteiger partial charge >= 0.3 is 0 Å². The maximum Gasteiger partial charge on any atom is 0.255 e. The summed E-state index contributed by atoms with van der Waals surface area (Å²) in [6.45, 7) is 0. The van der Waals surface area contributed by atoms with Gasteiger partial charge in [0.25, 0.3) is 5.91 Å². The summed E-state index contributed by atoms with van der Waals surface area (Å²) < 4.78 is 5.12. The van der Waals surface area contributed by atoms with Crippen LogP contribution in [0.2, 0.25) is 0 Å². The van der Waals surface area contributed by atoms with Crippen LogP contribution in [0, 0.1) is 5.92 Å². The Hall–Kier alpha value is -2.86. The molecule has 6 nitrogen and oxygen atoms in total. The molecule has 2 amide bonds. The van der Waals surface area contributed by atoms with E-state index in [-0.39, 0.29) is 17.9 Å². The number of hydrogen-bond donors (Lipinski definition) is 3. The van der Waals surface area contributed by atoms with E-state index in [4.69, 9.17) is 4.74 Å². The van der Waals surface area contributed by atoms with Gasteiger partial charge < -0.3 is 20.7 Å². The number of hydrogen-bond acceptors (Lipinski definition) is 4. The predicted molar refractivity (Wildman–Crippen MR) is 113 cm³/mol. The Labute approximate surface area is 171 Å². The molecule has 6 heteroatoms. The lowest BCUT2D eigenvalue weighted by Gasteiger charge is -2.24. The lowest BCUT2D eigenvalue weighted by atomic mass is 9.85. The monoisotopic (exact) mass is 393 g/mol. The van der Waals surface area contributed by atoms with Crippen molar-refractivity contribution in [2.24, 2.45) is 5.92 Å². The summed E-state index contributed by atoms with van der Waals surface area (Å²) in [6, 6.07) is 14.5. The fourth-order valence-corrected chi connectivity index (χ4v) is 4.33. The first kappa shape index (κ1) is 19.5. The highest BCUT2D eigenvalue weighted by Crippen LogP contribution is 2.33. The second kappa shape index (κ2) is 8.66. The second-order valence-electron chi connectivity index (χ2n) is 7.86. The van der Waals surface area contributed by atoms with Crippen LogP contribution in [-0.2, 0) is 4.79 Å². The number of methoxy groups -OCH3 is 1. The molecule has 3 unspecified atom stereocenters. The first-order valence-electron chi connectivity index (χ1n) is 10.2. The van der Waals surface area contributed by atoms with E-state index in [2.05, 4.69) is 16.0 Å². The highest BCUT2D eigenvalue weighted by atomic mass is 16.5. The van der Waals surface area contributed by atoms with Crippen molar-refractivity contribution in [3.63, 3.8) is 0 Å². The Morgan fingerprint density at radius 1 is 0.931 bits per heavy atom. The topological polar surface area (TPSA) is 79.5 Å². The molecule has 4 rings (SSSR count). The number of rotatable bonds is 5. The highest BCUT2D eigenvalue weighted by Gasteiger charge is 2.38. The smallest absolute Gasteiger partial charge is 0.255 e. The number of amides is 2. The number of carbonyl (C=O) groups is 2. The highest BCUT2D eigenvalue weighted by molar-refractivity contribution is 6.04. The van der Waals surface area contributed by atoms with Gasteiger partial charge in [0, 0.05) is 23.0 Å². The van der Waals surface area contributed by atoms with Crippen molar-refractivity contribution in [2.75, 3.05) is 17.7 Å². The maximum atomic E-state index is 12.6. The molecule has 0 radical (unpaired) electrons. The lowest BCUT2D eigenvalue weighted by Crippen LogP contribution is -2.39. The van der Waals surface area contributed by atoms with Gasteiger partial charge in [-0.3, -0.25) is 9.59 Å². The zero-order chi connectivity index (χ0) is 20.2. The van der Waals surface area contributed by atoms with Crippen LogP contribution in [-0.4, -0.2) is 31.0 Å². The Balaban J connectivity index is 1.32. The Morgan fingerprint density at radius 3 is 2.28 bits per heavy atom. The van der Waals surface area contributed by atoms with Crippen molar-refractivity contribution in [3.05, 3.63) is 54.1 Å². The molecule has 1 heterocycles. The SMILES string of the molecule is COc1ccc(NC(=O)c2ccc(NC(=O)C3CC4CCCCC4N3)cc2)cc1. The van der Waals surface area contributed by atoms with E-state index in [0.29, 0.717) is 28.9 Å². The third-order valence-corrected chi connectivity index (χ3v) is 5.94. The maximum absolute atomic E-state index is 12.6. The molecule has 0 bridgehead atoms. The predicted octanol–water partition coefficient (Wildman–Crippen LogP) is 3.81. The first-order valence-corrected chi connectivity index (χ1v) is 10.2. The number of benzene rings is 2. The average Bonchev–Trinajstić information content (AvgIpc) is 3.19. The molecule has 2 aromatic rings. The van der Waals surface area contributed by atoms with E-state index in [9.17, 15) is 9.59 Å². The van der Waals surface area contributed by atoms with E-state index in [1.54, 1.807) is 55.6 Å². The summed E-state index contributed by atoms with van der Waals surface area (Å²) in [7, 11) is 1.60. The van der Waals surface area contributed by atoms with Crippen molar-refractivity contribution < 1.29 is 14.3 Å². The van der Waals surface area contributed by atoms with Gasteiger partial charge in [0.15, 0.2) is 0 Å². The Bertz CT molecular complexity index is 850. The van der Waals surface area contributed by atoms with Crippen molar-refractivity contribution in [1.82, 2.24) is 5.32 Å². The number of anilines is 2. The van der Waals surface area contributed by atoms with Crippen LogP contribution in [0.25, 0.3) is 0 Å². The van der Waals surface area contributed by atoms with Crippen LogP contribution in [0.3, 0.4) is 0 Å². The quantitative estimate of drug-likeness (QED) is 0.722. The fraction of sp³-hybridized carbons (Fsp3) is 0.391. The molecular weight excluding hydrogens is 366 g/mol. The Morgan fingerprint density at radius 2 is 1.59 bits per heavy atom. The van der Waals surface area contributed by atoms with Crippen LogP contribution in [0.1, 0.15) is 42.5 Å². The molecule has 29 heavy (non-hydrogen) atoms. The normalized spacial score (nSPS) is 23.1. The molecule has 152 valence electrons. The van der Waals surface area contributed by atoms with Gasteiger partial charge in [-0.1, -0.05) is 12.8 Å². The zero-order valence-corrected chi connectivity index (χ0v) is 16.6. The van der Waals surface area contributed by atoms with E-state index >= 15 is 0 Å². The van der Waals surface area contributed by atoms with Crippen LogP contribution >= 0.6 is 0 Å².